The van der Waals surface area contributed by atoms with Crippen LogP contribution in [0, 0.1) is 41.4 Å². The molecule has 0 bridgehead atoms. The van der Waals surface area contributed by atoms with Crippen LogP contribution in [0.25, 0.3) is 0 Å². The maximum Gasteiger partial charge on any atom is 0.297 e. The Morgan fingerprint density at radius 2 is 1.57 bits per heavy atom. The van der Waals surface area contributed by atoms with Gasteiger partial charge in [0.15, 0.2) is 0 Å². The van der Waals surface area contributed by atoms with Crippen LogP contribution in [0.2, 0.25) is 0 Å². The van der Waals surface area contributed by atoms with Gasteiger partial charge in [0.1, 0.15) is 0 Å². The van der Waals surface area contributed by atoms with Gasteiger partial charge in [-0.1, -0.05) is 44.4 Å². The SMILES string of the molecule is Cc1ccc(S(=O)(=O)O[C@@H]2CC[C@@H]3[C@@H]4CC[C@H]5CCCC[C@]5(C)[C@H]4CC[C@]32C)cc1. The van der Waals surface area contributed by atoms with Gasteiger partial charge < -0.3 is 0 Å². The summed E-state index contributed by atoms with van der Waals surface area (Å²) >= 11 is 0. The summed E-state index contributed by atoms with van der Waals surface area (Å²) in [6, 6.07) is 7.07. The average Bonchev–Trinajstić information content (AvgIpc) is 3.03. The van der Waals surface area contributed by atoms with Gasteiger partial charge in [0.2, 0.25) is 0 Å². The molecule has 4 heteroatoms. The lowest BCUT2D eigenvalue weighted by molar-refractivity contribution is -0.117. The summed E-state index contributed by atoms with van der Waals surface area (Å²) in [5.74, 6) is 3.14. The summed E-state index contributed by atoms with van der Waals surface area (Å²) in [5.41, 5.74) is 1.58. The predicted molar refractivity (Wildman–Crippen MR) is 120 cm³/mol. The number of fused-ring (bicyclic) bond motifs is 5. The van der Waals surface area contributed by atoms with Gasteiger partial charge in [-0.15, -0.1) is 0 Å². The third-order valence-corrected chi connectivity index (χ3v) is 11.4. The Bertz CT molecular complexity index is 891. The van der Waals surface area contributed by atoms with Gasteiger partial charge in [0.25, 0.3) is 10.1 Å². The largest absolute Gasteiger partial charge is 0.297 e. The molecule has 4 fully saturated rings. The zero-order valence-electron chi connectivity index (χ0n) is 18.9. The van der Waals surface area contributed by atoms with E-state index in [0.717, 1.165) is 42.6 Å². The van der Waals surface area contributed by atoms with Gasteiger partial charge in [-0.3, -0.25) is 4.18 Å². The van der Waals surface area contributed by atoms with E-state index in [1.807, 2.05) is 19.1 Å². The molecular formula is C26H38O3S. The quantitative estimate of drug-likeness (QED) is 0.514. The minimum Gasteiger partial charge on any atom is -0.262 e. The Morgan fingerprint density at radius 1 is 0.833 bits per heavy atom. The number of aryl methyl sites for hydroxylation is 1. The van der Waals surface area contributed by atoms with Crippen LogP contribution < -0.4 is 0 Å². The van der Waals surface area contributed by atoms with E-state index < -0.39 is 10.1 Å². The van der Waals surface area contributed by atoms with Crippen LogP contribution in [-0.4, -0.2) is 14.5 Å². The summed E-state index contributed by atoms with van der Waals surface area (Å²) in [6.45, 7) is 6.91. The highest BCUT2D eigenvalue weighted by molar-refractivity contribution is 7.86. The third kappa shape index (κ3) is 3.20. The van der Waals surface area contributed by atoms with E-state index in [-0.39, 0.29) is 11.5 Å². The molecule has 30 heavy (non-hydrogen) atoms. The molecule has 166 valence electrons. The topological polar surface area (TPSA) is 43.4 Å². The van der Waals surface area contributed by atoms with Crippen LogP contribution in [-0.2, 0) is 14.3 Å². The highest BCUT2D eigenvalue weighted by Gasteiger charge is 2.60. The second kappa shape index (κ2) is 7.33. The van der Waals surface area contributed by atoms with Crippen molar-refractivity contribution in [2.45, 2.75) is 96.0 Å². The summed E-state index contributed by atoms with van der Waals surface area (Å²) in [7, 11) is -3.71. The summed E-state index contributed by atoms with van der Waals surface area (Å²) in [5, 5.41) is 0. The summed E-state index contributed by atoms with van der Waals surface area (Å²) in [4.78, 5) is 0.295. The second-order valence-corrected chi connectivity index (χ2v) is 12.9. The van der Waals surface area contributed by atoms with Crippen molar-refractivity contribution in [2.24, 2.45) is 34.5 Å². The zero-order chi connectivity index (χ0) is 21.1. The molecule has 0 heterocycles. The third-order valence-electron chi connectivity index (χ3n) is 10.0. The lowest BCUT2D eigenvalue weighted by Gasteiger charge is -2.60. The van der Waals surface area contributed by atoms with Crippen molar-refractivity contribution < 1.29 is 12.6 Å². The van der Waals surface area contributed by atoms with Gasteiger partial charge in [0.05, 0.1) is 11.0 Å². The lowest BCUT2D eigenvalue weighted by atomic mass is 9.45. The van der Waals surface area contributed by atoms with Crippen molar-refractivity contribution in [3.8, 4) is 0 Å². The van der Waals surface area contributed by atoms with E-state index in [0.29, 0.717) is 16.2 Å². The molecule has 0 amide bonds. The fourth-order valence-corrected chi connectivity index (χ4v) is 9.52. The first-order valence-corrected chi connectivity index (χ1v) is 13.6. The van der Waals surface area contributed by atoms with Crippen LogP contribution in [0.4, 0.5) is 0 Å². The number of hydrogen-bond acceptors (Lipinski definition) is 3. The predicted octanol–water partition coefficient (Wildman–Crippen LogP) is 6.50. The average molecular weight is 431 g/mol. The molecule has 1 aromatic carbocycles. The Morgan fingerprint density at radius 3 is 2.33 bits per heavy atom. The van der Waals surface area contributed by atoms with Crippen molar-refractivity contribution >= 4 is 10.1 Å². The Balaban J connectivity index is 1.37. The molecule has 0 aliphatic heterocycles. The Labute approximate surface area is 183 Å². The molecule has 0 spiro atoms. The van der Waals surface area contributed by atoms with Crippen molar-refractivity contribution in [1.29, 1.82) is 0 Å². The Hall–Kier alpha value is -0.870. The Kier molecular flexibility index (Phi) is 5.13. The molecular weight excluding hydrogens is 392 g/mol. The van der Waals surface area contributed by atoms with Crippen molar-refractivity contribution in [3.63, 3.8) is 0 Å². The molecule has 0 saturated heterocycles. The molecule has 4 aliphatic carbocycles. The van der Waals surface area contributed by atoms with E-state index in [4.69, 9.17) is 4.18 Å². The monoisotopic (exact) mass is 430 g/mol. The van der Waals surface area contributed by atoms with Crippen LogP contribution in [0.15, 0.2) is 29.2 Å². The van der Waals surface area contributed by atoms with Crippen LogP contribution >= 0.6 is 0 Å². The molecule has 4 aliphatic rings. The maximum atomic E-state index is 13.0. The number of hydrogen-bond donors (Lipinski definition) is 0. The first kappa shape index (κ1) is 21.0. The lowest BCUT2D eigenvalue weighted by Crippen LogP contribution is -2.53. The minimum atomic E-state index is -3.71. The molecule has 5 rings (SSSR count). The fourth-order valence-electron chi connectivity index (χ4n) is 8.32. The van der Waals surface area contributed by atoms with E-state index in [2.05, 4.69) is 13.8 Å². The van der Waals surface area contributed by atoms with Gasteiger partial charge in [-0.25, -0.2) is 0 Å². The first-order chi connectivity index (χ1) is 14.2. The second-order valence-electron chi connectivity index (χ2n) is 11.4. The van der Waals surface area contributed by atoms with E-state index in [1.54, 1.807) is 12.1 Å². The minimum absolute atomic E-state index is 0.00318. The van der Waals surface area contributed by atoms with Crippen LogP contribution in [0.5, 0.6) is 0 Å². The molecule has 1 aromatic rings. The molecule has 0 N–H and O–H groups in total. The zero-order valence-corrected chi connectivity index (χ0v) is 19.7. The van der Waals surface area contributed by atoms with Crippen molar-refractivity contribution in [1.82, 2.24) is 0 Å². The number of rotatable bonds is 3. The smallest absolute Gasteiger partial charge is 0.262 e. The summed E-state index contributed by atoms with van der Waals surface area (Å²) in [6.07, 6.45) is 12.6. The highest BCUT2D eigenvalue weighted by Crippen LogP contribution is 2.66. The molecule has 4 saturated carbocycles. The van der Waals surface area contributed by atoms with E-state index >= 15 is 0 Å². The molecule has 0 unspecified atom stereocenters. The van der Waals surface area contributed by atoms with Crippen LogP contribution in [0.3, 0.4) is 0 Å². The van der Waals surface area contributed by atoms with Crippen molar-refractivity contribution in [2.75, 3.05) is 0 Å². The molecule has 0 aromatic heterocycles. The molecule has 7 atom stereocenters. The van der Waals surface area contributed by atoms with Gasteiger partial charge in [-0.2, -0.15) is 8.42 Å². The summed E-state index contributed by atoms with van der Waals surface area (Å²) < 4.78 is 32.0. The maximum absolute atomic E-state index is 13.0. The first-order valence-electron chi connectivity index (χ1n) is 12.2. The highest BCUT2D eigenvalue weighted by atomic mass is 32.2. The van der Waals surface area contributed by atoms with Gasteiger partial charge >= 0.3 is 0 Å². The van der Waals surface area contributed by atoms with Crippen LogP contribution in [0.1, 0.15) is 83.6 Å². The molecule has 3 nitrogen and oxygen atoms in total. The number of benzene rings is 1. The molecule has 0 radical (unpaired) electrons. The van der Waals surface area contributed by atoms with Crippen molar-refractivity contribution in [3.05, 3.63) is 29.8 Å². The van der Waals surface area contributed by atoms with Gasteiger partial charge in [-0.05, 0) is 105 Å². The fraction of sp³-hybridized carbons (Fsp3) is 0.769. The van der Waals surface area contributed by atoms with Gasteiger partial charge in [0, 0.05) is 0 Å². The standard InChI is InChI=1S/C26H38O3S/c1-18-7-10-20(11-8-18)30(27,28)29-24-14-13-22-21-12-9-19-6-4-5-16-25(19,2)23(21)15-17-26(22,24)3/h7-8,10-11,19,21-24H,4-6,9,12-17H2,1-3H3/t19-,21+,22-,23+,24-,25+,26-/m1/s1. The normalized spacial score (nSPS) is 43.5. The van der Waals surface area contributed by atoms with E-state index in [9.17, 15) is 8.42 Å². The van der Waals surface area contributed by atoms with E-state index in [1.165, 1.54) is 44.9 Å².